The molecule has 4 aliphatic rings. The summed E-state index contributed by atoms with van der Waals surface area (Å²) in [5, 5.41) is 8.48. The van der Waals surface area contributed by atoms with Crippen LogP contribution in [0.2, 0.25) is 0 Å². The molecule has 9 heteroatoms. The number of nitrogens with two attached hydrogens (primary N) is 1. The zero-order chi connectivity index (χ0) is 24.3. The molecule has 4 fully saturated rings. The molecule has 5 unspecified atom stereocenters. The van der Waals surface area contributed by atoms with Crippen LogP contribution >= 0.6 is 0 Å². The summed E-state index contributed by atoms with van der Waals surface area (Å²) in [5.74, 6) is 1.52. The molecule has 0 bridgehead atoms. The lowest BCUT2D eigenvalue weighted by Crippen LogP contribution is -2.50. The van der Waals surface area contributed by atoms with Crippen LogP contribution in [0.5, 0.6) is 0 Å². The Balaban J connectivity index is 1.26. The topological polar surface area (TPSA) is 91.8 Å². The van der Waals surface area contributed by atoms with E-state index >= 15 is 0 Å². The van der Waals surface area contributed by atoms with Crippen LogP contribution in [0.4, 0.5) is 10.2 Å². The van der Waals surface area contributed by atoms with Crippen LogP contribution in [-0.2, 0) is 4.79 Å². The Morgan fingerprint density at radius 1 is 1.20 bits per heavy atom. The number of halogens is 1. The van der Waals surface area contributed by atoms with Crippen molar-refractivity contribution < 1.29 is 9.18 Å². The van der Waals surface area contributed by atoms with Gasteiger partial charge in [0.05, 0.1) is 17.8 Å². The molecule has 5 heterocycles. The molecule has 0 radical (unpaired) electrons. The van der Waals surface area contributed by atoms with Crippen molar-refractivity contribution in [1.29, 1.82) is 0 Å². The normalized spacial score (nSPS) is 35.6. The van der Waals surface area contributed by atoms with Crippen LogP contribution in [0.25, 0.3) is 5.65 Å². The summed E-state index contributed by atoms with van der Waals surface area (Å²) in [6.45, 7) is 6.69. The Morgan fingerprint density at radius 2 is 2.06 bits per heavy atom. The first kappa shape index (κ1) is 23.2. The molecular weight excluding hydrogens is 445 g/mol. The van der Waals surface area contributed by atoms with Gasteiger partial charge in [-0.2, -0.15) is 5.10 Å². The molecule has 2 aromatic rings. The van der Waals surface area contributed by atoms with E-state index in [9.17, 15) is 9.18 Å². The third-order valence-electron chi connectivity index (χ3n) is 8.97. The van der Waals surface area contributed by atoms with Gasteiger partial charge in [-0.15, -0.1) is 0 Å². The smallest absolute Gasteiger partial charge is 0.240 e. The zero-order valence-corrected chi connectivity index (χ0v) is 20.9. The van der Waals surface area contributed by atoms with E-state index in [2.05, 4.69) is 24.1 Å². The van der Waals surface area contributed by atoms with Crippen LogP contribution in [-0.4, -0.2) is 69.3 Å². The molecule has 190 valence electrons. The fourth-order valence-electron chi connectivity index (χ4n) is 7.03. The fraction of sp³-hybridized carbons (Fsp3) is 0.731. The van der Waals surface area contributed by atoms with Crippen molar-refractivity contribution >= 4 is 17.4 Å². The van der Waals surface area contributed by atoms with Crippen molar-refractivity contribution in [3.8, 4) is 0 Å². The van der Waals surface area contributed by atoms with E-state index in [1.54, 1.807) is 0 Å². The molecule has 3 saturated heterocycles. The Morgan fingerprint density at radius 3 is 2.86 bits per heavy atom. The van der Waals surface area contributed by atoms with E-state index in [4.69, 9.17) is 15.8 Å². The number of hydrogen-bond donors (Lipinski definition) is 2. The summed E-state index contributed by atoms with van der Waals surface area (Å²) in [4.78, 5) is 23.1. The molecule has 6 rings (SSSR count). The van der Waals surface area contributed by atoms with Crippen molar-refractivity contribution in [2.75, 3.05) is 24.5 Å². The van der Waals surface area contributed by atoms with Crippen molar-refractivity contribution in [3.63, 3.8) is 0 Å². The number of piperidine rings is 1. The molecule has 0 spiro atoms. The van der Waals surface area contributed by atoms with E-state index in [-0.39, 0.29) is 41.9 Å². The predicted molar refractivity (Wildman–Crippen MR) is 133 cm³/mol. The van der Waals surface area contributed by atoms with Crippen molar-refractivity contribution in [2.24, 2.45) is 17.6 Å². The number of nitrogens with zero attached hydrogens (tertiary/aromatic N) is 5. The number of rotatable bonds is 3. The van der Waals surface area contributed by atoms with Gasteiger partial charge in [0, 0.05) is 49.5 Å². The second-order valence-corrected chi connectivity index (χ2v) is 11.3. The predicted octanol–water partition coefficient (Wildman–Crippen LogP) is 2.74. The summed E-state index contributed by atoms with van der Waals surface area (Å²) < 4.78 is 15.9. The van der Waals surface area contributed by atoms with Gasteiger partial charge < -0.3 is 20.9 Å². The molecule has 1 amide bonds. The van der Waals surface area contributed by atoms with Gasteiger partial charge in [0.25, 0.3) is 0 Å². The van der Waals surface area contributed by atoms with Crippen LogP contribution in [0, 0.1) is 18.8 Å². The van der Waals surface area contributed by atoms with Crippen molar-refractivity contribution in [3.05, 3.63) is 23.5 Å². The van der Waals surface area contributed by atoms with E-state index in [0.717, 1.165) is 74.5 Å². The Bertz CT molecular complexity index is 1100. The highest BCUT2D eigenvalue weighted by Crippen LogP contribution is 2.41. The molecule has 3 N–H and O–H groups in total. The summed E-state index contributed by atoms with van der Waals surface area (Å²) in [6, 6.07) is 2.22. The highest BCUT2D eigenvalue weighted by Gasteiger charge is 2.48. The lowest BCUT2D eigenvalue weighted by Gasteiger charge is -2.37. The number of alkyl halides is 1. The number of anilines is 1. The monoisotopic (exact) mass is 483 g/mol. The summed E-state index contributed by atoms with van der Waals surface area (Å²) in [7, 11) is 0. The first-order valence-corrected chi connectivity index (χ1v) is 13.5. The van der Waals surface area contributed by atoms with Gasteiger partial charge in [-0.3, -0.25) is 4.79 Å². The number of fused-ring (bicyclic) bond motifs is 2. The third kappa shape index (κ3) is 4.10. The second-order valence-electron chi connectivity index (χ2n) is 11.3. The number of carbonyl (C=O) groups is 1. The average molecular weight is 484 g/mol. The Labute approximate surface area is 206 Å². The number of nitrogens with one attached hydrogen (secondary N) is 1. The molecule has 1 saturated carbocycles. The first-order valence-electron chi connectivity index (χ1n) is 13.5. The Hall–Kier alpha value is -2.26. The summed E-state index contributed by atoms with van der Waals surface area (Å²) in [5.41, 5.74) is 8.93. The SMILES string of the molecule is Cc1cn2nc([C@@H]3CCCCN3C(=O)C3NC4CCC(F)CC4C3C)cc2nc1N1CC[C@H](N)C1. The molecule has 2 aromatic heterocycles. The minimum atomic E-state index is -0.729. The highest BCUT2D eigenvalue weighted by atomic mass is 19.1. The number of likely N-dealkylation sites (tertiary alicyclic amines) is 1. The average Bonchev–Trinajstić information content (AvgIpc) is 3.55. The van der Waals surface area contributed by atoms with Gasteiger partial charge in [0.2, 0.25) is 5.91 Å². The van der Waals surface area contributed by atoms with E-state index < -0.39 is 6.17 Å². The summed E-state index contributed by atoms with van der Waals surface area (Å²) >= 11 is 0. The molecule has 1 aliphatic carbocycles. The summed E-state index contributed by atoms with van der Waals surface area (Å²) in [6.07, 6.45) is 7.29. The van der Waals surface area contributed by atoms with Crippen LogP contribution in [0.3, 0.4) is 0 Å². The number of amides is 1. The van der Waals surface area contributed by atoms with Gasteiger partial charge >= 0.3 is 0 Å². The molecule has 8 nitrogen and oxygen atoms in total. The quantitative estimate of drug-likeness (QED) is 0.698. The highest BCUT2D eigenvalue weighted by molar-refractivity contribution is 5.83. The van der Waals surface area contributed by atoms with Crippen molar-refractivity contribution in [1.82, 2.24) is 24.8 Å². The zero-order valence-electron chi connectivity index (χ0n) is 20.9. The number of carbonyl (C=O) groups excluding carboxylic acids is 1. The molecule has 3 aliphatic heterocycles. The lowest BCUT2D eigenvalue weighted by atomic mass is 9.78. The number of aromatic nitrogens is 3. The lowest BCUT2D eigenvalue weighted by molar-refractivity contribution is -0.138. The number of hydrogen-bond acceptors (Lipinski definition) is 6. The van der Waals surface area contributed by atoms with Gasteiger partial charge in [0.1, 0.15) is 12.0 Å². The maximum atomic E-state index is 14.1. The Kier molecular flexibility index (Phi) is 5.95. The van der Waals surface area contributed by atoms with Crippen LogP contribution in [0.15, 0.2) is 12.3 Å². The standard InChI is InChI=1S/C26H38FN7O/c1-15-13-34-23(30-25(15)32-10-8-18(28)14-32)12-21(31-34)22-5-3-4-9-33(22)26(35)24-16(2)19-11-17(27)6-7-20(19)29-24/h12-13,16-20,22,24,29H,3-11,14,28H2,1-2H3/t16?,17?,18-,19?,20?,22-,24?/m0/s1. The van der Waals surface area contributed by atoms with Gasteiger partial charge in [-0.1, -0.05) is 6.92 Å². The van der Waals surface area contributed by atoms with E-state index in [0.29, 0.717) is 12.8 Å². The second kappa shape index (κ2) is 9.00. The molecule has 7 atom stereocenters. The minimum Gasteiger partial charge on any atom is -0.355 e. The van der Waals surface area contributed by atoms with E-state index in [1.807, 2.05) is 21.7 Å². The number of aryl methyl sites for hydroxylation is 1. The third-order valence-corrected chi connectivity index (χ3v) is 8.97. The van der Waals surface area contributed by atoms with Gasteiger partial charge in [0.15, 0.2) is 5.65 Å². The fourth-order valence-corrected chi connectivity index (χ4v) is 7.03. The van der Waals surface area contributed by atoms with Crippen LogP contribution < -0.4 is 16.0 Å². The van der Waals surface area contributed by atoms with Gasteiger partial charge in [-0.25, -0.2) is 13.9 Å². The van der Waals surface area contributed by atoms with Gasteiger partial charge in [-0.05, 0) is 63.7 Å². The molecular formula is C26H38FN7O. The maximum absolute atomic E-state index is 14.1. The molecule has 0 aromatic carbocycles. The minimum absolute atomic E-state index is 0.0486. The van der Waals surface area contributed by atoms with Crippen molar-refractivity contribution in [2.45, 2.75) is 89.1 Å². The molecule has 35 heavy (non-hydrogen) atoms. The first-order chi connectivity index (χ1) is 16.9. The van der Waals surface area contributed by atoms with Crippen LogP contribution in [0.1, 0.15) is 69.2 Å². The van der Waals surface area contributed by atoms with E-state index in [1.165, 1.54) is 0 Å². The largest absolute Gasteiger partial charge is 0.355 e. The maximum Gasteiger partial charge on any atom is 0.240 e.